The number of ether oxygens (including phenoxy) is 3. The Morgan fingerprint density at radius 1 is 0.667 bits per heavy atom. The minimum Gasteiger partial charge on any atom is -0.480 e. The molecule has 26 heteroatoms. The van der Waals surface area contributed by atoms with Crippen molar-refractivity contribution >= 4 is 70.4 Å². The van der Waals surface area contributed by atoms with E-state index >= 15 is 0 Å². The number of carbonyl (C=O) groups is 7. The number of aromatic nitrogens is 1. The lowest BCUT2D eigenvalue weighted by molar-refractivity contribution is -0.145. The number of aliphatic carboxylic acids is 4. The number of anilines is 1. The van der Waals surface area contributed by atoms with Crippen LogP contribution < -0.4 is 21.5 Å². The fourth-order valence-corrected chi connectivity index (χ4v) is 7.08. The molecule has 0 bridgehead atoms. The average Bonchev–Trinajstić information content (AvgIpc) is 3.28. The van der Waals surface area contributed by atoms with Crippen molar-refractivity contribution in [3.05, 3.63) is 58.5 Å². The summed E-state index contributed by atoms with van der Waals surface area (Å²) in [7, 11) is 0. The molecule has 0 aliphatic carbocycles. The maximum Gasteiger partial charge on any atom is 0.320 e. The van der Waals surface area contributed by atoms with Gasteiger partial charge in [-0.05, 0) is 49.0 Å². The Kier molecular flexibility index (Phi) is 26.3. The number of amides is 3. The molecule has 380 valence electrons. The Balaban J connectivity index is 1.47. The molecular formula is C43H61N9O16S. The number of carbonyl (C=O) groups excluding carboxylic acids is 3. The van der Waals surface area contributed by atoms with Crippen LogP contribution in [0.1, 0.15) is 37.4 Å². The summed E-state index contributed by atoms with van der Waals surface area (Å²) in [5.74, 6) is -6.03. The van der Waals surface area contributed by atoms with Crippen LogP contribution in [0.15, 0.2) is 52.3 Å². The number of thiocarbonyl (C=S) groups is 1. The second-order valence-electron chi connectivity index (χ2n) is 15.6. The van der Waals surface area contributed by atoms with Gasteiger partial charge in [-0.1, -0.05) is 6.07 Å². The minimum atomic E-state index is -1.26. The number of rotatable bonds is 29. The van der Waals surface area contributed by atoms with Gasteiger partial charge in [-0.3, -0.25) is 58.0 Å². The van der Waals surface area contributed by atoms with E-state index in [1.165, 1.54) is 12.1 Å². The Bertz CT molecular complexity index is 2070. The number of hydrogen-bond donors (Lipinski definition) is 8. The Morgan fingerprint density at radius 2 is 1.20 bits per heavy atom. The lowest BCUT2D eigenvalue weighted by Crippen LogP contribution is -2.52. The summed E-state index contributed by atoms with van der Waals surface area (Å²) >= 11 is 4.57. The van der Waals surface area contributed by atoms with E-state index in [1.54, 1.807) is 43.9 Å². The highest BCUT2D eigenvalue weighted by Gasteiger charge is 2.29. The highest BCUT2D eigenvalue weighted by molar-refractivity contribution is 7.78. The molecule has 3 amide bonds. The maximum absolute atomic E-state index is 13.1. The molecule has 2 aromatic rings. The van der Waals surface area contributed by atoms with E-state index in [4.69, 9.17) is 14.2 Å². The van der Waals surface area contributed by atoms with Gasteiger partial charge in [-0.2, -0.15) is 9.72 Å². The lowest BCUT2D eigenvalue weighted by Gasteiger charge is -2.35. The van der Waals surface area contributed by atoms with Crippen molar-refractivity contribution in [1.29, 1.82) is 0 Å². The summed E-state index contributed by atoms with van der Waals surface area (Å²) in [6.45, 7) is 0.114. The van der Waals surface area contributed by atoms with Gasteiger partial charge in [-0.15, -0.1) is 0 Å². The van der Waals surface area contributed by atoms with Crippen molar-refractivity contribution in [2.45, 2.75) is 37.8 Å². The van der Waals surface area contributed by atoms with Crippen LogP contribution in [0.3, 0.4) is 0 Å². The van der Waals surface area contributed by atoms with Gasteiger partial charge in [0.1, 0.15) is 6.04 Å². The van der Waals surface area contributed by atoms with E-state index in [9.17, 15) is 64.0 Å². The Morgan fingerprint density at radius 3 is 1.74 bits per heavy atom. The van der Waals surface area contributed by atoms with Gasteiger partial charge >= 0.3 is 23.9 Å². The number of isothiocyanates is 1. The third kappa shape index (κ3) is 23.6. The van der Waals surface area contributed by atoms with Crippen LogP contribution >= 0.6 is 12.2 Å². The van der Waals surface area contributed by atoms with E-state index in [0.29, 0.717) is 16.1 Å². The number of pyridine rings is 1. The van der Waals surface area contributed by atoms with Crippen LogP contribution in [0.5, 0.6) is 0 Å². The lowest BCUT2D eigenvalue weighted by atomic mass is 10.1. The number of nitrogens with zero attached hydrogens (tertiary/aromatic N) is 6. The van der Waals surface area contributed by atoms with Crippen molar-refractivity contribution < 1.29 is 73.4 Å². The first-order valence-electron chi connectivity index (χ1n) is 22.0. The van der Waals surface area contributed by atoms with Crippen molar-refractivity contribution in [3.63, 3.8) is 0 Å². The van der Waals surface area contributed by atoms with E-state index in [2.05, 4.69) is 38.3 Å². The molecule has 1 aromatic heterocycles. The van der Waals surface area contributed by atoms with E-state index in [0.717, 1.165) is 6.07 Å². The average molecular weight is 992 g/mol. The predicted molar refractivity (Wildman–Crippen MR) is 248 cm³/mol. The van der Waals surface area contributed by atoms with Gasteiger partial charge in [0.25, 0.3) is 5.56 Å². The molecule has 25 nitrogen and oxygen atoms in total. The summed E-state index contributed by atoms with van der Waals surface area (Å²) in [5.41, 5.74) is 0.478. The monoisotopic (exact) mass is 991 g/mol. The van der Waals surface area contributed by atoms with Gasteiger partial charge in [-0.25, -0.2) is 0 Å². The summed E-state index contributed by atoms with van der Waals surface area (Å²) in [6.07, 6.45) is -0.589. The third-order valence-electron chi connectivity index (χ3n) is 10.5. The normalized spacial score (nSPS) is 15.3. The smallest absolute Gasteiger partial charge is 0.320 e. The number of carboxylic acid groups (broad SMARTS) is 4. The Labute approximate surface area is 402 Å². The molecule has 3 rings (SSSR count). The maximum atomic E-state index is 13.1. The first-order chi connectivity index (χ1) is 33.0. The number of aliphatic imine (C=N–C) groups is 1. The summed E-state index contributed by atoms with van der Waals surface area (Å²) in [6, 6.07) is 8.44. The van der Waals surface area contributed by atoms with Crippen molar-refractivity contribution in [1.82, 2.24) is 35.0 Å². The highest BCUT2D eigenvalue weighted by atomic mass is 32.1. The van der Waals surface area contributed by atoms with Gasteiger partial charge in [0, 0.05) is 83.5 Å². The van der Waals surface area contributed by atoms with E-state index in [-0.39, 0.29) is 142 Å². The predicted octanol–water partition coefficient (Wildman–Crippen LogP) is -0.729. The molecular weight excluding hydrogens is 931 g/mol. The molecule has 2 unspecified atom stereocenters. The van der Waals surface area contributed by atoms with Crippen LogP contribution in [0.2, 0.25) is 0 Å². The molecule has 1 fully saturated rings. The van der Waals surface area contributed by atoms with Crippen molar-refractivity contribution in [2.24, 2.45) is 4.99 Å². The van der Waals surface area contributed by atoms with Crippen LogP contribution in [-0.4, -0.2) is 221 Å². The highest BCUT2D eigenvalue weighted by Crippen LogP contribution is 2.16. The molecule has 8 N–H and O–H groups in total. The quantitative estimate of drug-likeness (QED) is 0.0216. The SMILES string of the molecule is O=C(O)CN1CCN(CC(=O)O)CCN(C(CCC(=O)NCCC(=O)NC(COCCOCCOCCC(=O)Nc2ccc(N=C=S)cc2)c2cccc(=O)n2O)C(=O)O)CCN(CC(=O)O)CC1. The van der Waals surface area contributed by atoms with Crippen LogP contribution in [-0.2, 0) is 47.8 Å². The molecule has 1 aromatic carbocycles. The Hall–Kier alpha value is -6.22. The topological polar surface area (TPSA) is 332 Å². The van der Waals surface area contributed by atoms with Gasteiger partial charge in [0.05, 0.1) is 88.3 Å². The summed E-state index contributed by atoms with van der Waals surface area (Å²) in [5, 5.41) is 59.3. The van der Waals surface area contributed by atoms with E-state index in [1.807, 2.05) is 0 Å². The first-order valence-corrected chi connectivity index (χ1v) is 22.4. The van der Waals surface area contributed by atoms with Crippen LogP contribution in [0, 0.1) is 0 Å². The van der Waals surface area contributed by atoms with Crippen LogP contribution in [0.4, 0.5) is 11.4 Å². The summed E-state index contributed by atoms with van der Waals surface area (Å²) < 4.78 is 17.0. The number of hydrogen-bond acceptors (Lipinski definition) is 18. The third-order valence-corrected chi connectivity index (χ3v) is 10.6. The molecule has 0 radical (unpaired) electrons. The van der Waals surface area contributed by atoms with Gasteiger partial charge in [0.15, 0.2) is 0 Å². The number of nitrogens with one attached hydrogen (secondary N) is 3. The second-order valence-corrected chi connectivity index (χ2v) is 15.8. The molecule has 2 heterocycles. The van der Waals surface area contributed by atoms with E-state index < -0.39 is 66.4 Å². The standard InChI is InChI=1S/C43H61N9O16S/c53-36(9-8-35(43(63)64)51-19-17-49(27-41(59)60)15-13-48(26-40(57)58)14-16-50(18-20-51)28-42(61)62)44-12-10-37(54)47-33(34-2-1-3-39(56)52(34)65)29-68-25-24-67-23-22-66-21-11-38(55)46-32-6-4-31(5-7-32)45-30-69/h1-7,33,35,65H,8-29H2,(H,44,53)(H,46,55)(H,47,54)(H,57,58)(H,59,60)(H,61,62)(H,63,64). The molecule has 2 atom stereocenters. The van der Waals surface area contributed by atoms with Gasteiger partial charge < -0.3 is 55.8 Å². The molecule has 0 spiro atoms. The molecule has 1 aliphatic rings. The molecule has 1 aliphatic heterocycles. The fraction of sp³-hybridized carbons (Fsp3) is 0.558. The zero-order valence-electron chi connectivity index (χ0n) is 38.1. The number of carboxylic acids is 4. The zero-order valence-corrected chi connectivity index (χ0v) is 38.9. The number of benzene rings is 1. The molecule has 1 saturated heterocycles. The van der Waals surface area contributed by atoms with Crippen molar-refractivity contribution in [3.8, 4) is 0 Å². The molecule has 0 saturated carbocycles. The largest absolute Gasteiger partial charge is 0.480 e. The van der Waals surface area contributed by atoms with Gasteiger partial charge in [0.2, 0.25) is 17.7 Å². The van der Waals surface area contributed by atoms with Crippen LogP contribution in [0.25, 0.3) is 0 Å². The second kappa shape index (κ2) is 31.8. The summed E-state index contributed by atoms with van der Waals surface area (Å²) in [4.78, 5) is 108. The first kappa shape index (κ1) is 57.1. The zero-order chi connectivity index (χ0) is 50.6. The fourth-order valence-electron chi connectivity index (χ4n) is 6.98. The van der Waals surface area contributed by atoms with Crippen molar-refractivity contribution in [2.75, 3.05) is 123 Å². The minimum absolute atomic E-state index is 0.0224. The molecule has 69 heavy (non-hydrogen) atoms.